The second kappa shape index (κ2) is 5.50. The van der Waals surface area contributed by atoms with Crippen molar-refractivity contribution in [3.8, 4) is 0 Å². The van der Waals surface area contributed by atoms with E-state index in [4.69, 9.17) is 0 Å². The van der Waals surface area contributed by atoms with Crippen LogP contribution in [-0.2, 0) is 4.79 Å². The molecule has 1 aliphatic rings. The summed E-state index contributed by atoms with van der Waals surface area (Å²) >= 11 is 1.67. The van der Waals surface area contributed by atoms with Crippen LogP contribution in [0.5, 0.6) is 0 Å². The summed E-state index contributed by atoms with van der Waals surface area (Å²) in [5.74, 6) is 0.840. The Bertz CT molecular complexity index is 408. The molecule has 1 fully saturated rings. The van der Waals surface area contributed by atoms with Crippen LogP contribution in [0, 0.1) is 5.92 Å². The summed E-state index contributed by atoms with van der Waals surface area (Å²) < 4.78 is 0. The Morgan fingerprint density at radius 2 is 2.41 bits per heavy atom. The molecule has 0 aliphatic carbocycles. The zero-order valence-corrected chi connectivity index (χ0v) is 11.3. The normalized spacial score (nSPS) is 21.6. The minimum Gasteiger partial charge on any atom is -0.339 e. The van der Waals surface area contributed by atoms with Crippen molar-refractivity contribution >= 4 is 23.3 Å². The van der Waals surface area contributed by atoms with Gasteiger partial charge in [0.2, 0.25) is 5.91 Å². The SMILES string of the molecule is C/C(=C\c1cccs1)C(=O)N1CCCC(C)C1. The van der Waals surface area contributed by atoms with E-state index in [1.807, 2.05) is 35.4 Å². The largest absolute Gasteiger partial charge is 0.339 e. The predicted molar refractivity (Wildman–Crippen MR) is 72.9 cm³/mol. The van der Waals surface area contributed by atoms with Crippen molar-refractivity contribution in [2.75, 3.05) is 13.1 Å². The molecule has 0 N–H and O–H groups in total. The van der Waals surface area contributed by atoms with E-state index < -0.39 is 0 Å². The molecule has 3 heteroatoms. The number of piperidine rings is 1. The van der Waals surface area contributed by atoms with Gasteiger partial charge >= 0.3 is 0 Å². The van der Waals surface area contributed by atoms with E-state index in [2.05, 4.69) is 6.92 Å². The highest BCUT2D eigenvalue weighted by molar-refractivity contribution is 7.10. The maximum Gasteiger partial charge on any atom is 0.249 e. The number of carbonyl (C=O) groups excluding carboxylic acids is 1. The average Bonchev–Trinajstić information content (AvgIpc) is 2.80. The Kier molecular flexibility index (Phi) is 4.00. The highest BCUT2D eigenvalue weighted by Gasteiger charge is 2.21. The summed E-state index contributed by atoms with van der Waals surface area (Å²) in [5, 5.41) is 2.03. The number of amides is 1. The molecule has 1 aromatic rings. The Labute approximate surface area is 107 Å². The summed E-state index contributed by atoms with van der Waals surface area (Å²) in [6, 6.07) is 4.05. The van der Waals surface area contributed by atoms with Crippen molar-refractivity contribution in [2.45, 2.75) is 26.7 Å². The lowest BCUT2D eigenvalue weighted by Crippen LogP contribution is -2.39. The summed E-state index contributed by atoms with van der Waals surface area (Å²) in [5.41, 5.74) is 0.849. The van der Waals surface area contributed by atoms with E-state index in [1.165, 1.54) is 6.42 Å². The summed E-state index contributed by atoms with van der Waals surface area (Å²) in [7, 11) is 0. The van der Waals surface area contributed by atoms with Crippen molar-refractivity contribution in [1.82, 2.24) is 4.90 Å². The van der Waals surface area contributed by atoms with Gasteiger partial charge in [-0.3, -0.25) is 4.79 Å². The van der Waals surface area contributed by atoms with Gasteiger partial charge in [0.15, 0.2) is 0 Å². The van der Waals surface area contributed by atoms with Crippen molar-refractivity contribution in [3.05, 3.63) is 28.0 Å². The first kappa shape index (κ1) is 12.4. The zero-order chi connectivity index (χ0) is 12.3. The van der Waals surface area contributed by atoms with Gasteiger partial charge in [-0.2, -0.15) is 0 Å². The molecular weight excluding hydrogens is 230 g/mol. The fourth-order valence-electron chi connectivity index (χ4n) is 2.27. The van der Waals surface area contributed by atoms with Gasteiger partial charge < -0.3 is 4.90 Å². The molecule has 0 bridgehead atoms. The Morgan fingerprint density at radius 1 is 1.59 bits per heavy atom. The van der Waals surface area contributed by atoms with Gasteiger partial charge in [-0.25, -0.2) is 0 Å². The van der Waals surface area contributed by atoms with E-state index in [0.29, 0.717) is 5.92 Å². The second-order valence-corrected chi connectivity index (χ2v) is 5.82. The standard InChI is InChI=1S/C14H19NOS/c1-11-5-3-7-15(10-11)14(16)12(2)9-13-6-4-8-17-13/h4,6,8-9,11H,3,5,7,10H2,1-2H3/b12-9+. The van der Waals surface area contributed by atoms with Gasteiger partial charge in [0.05, 0.1) is 0 Å². The molecule has 1 aliphatic heterocycles. The molecule has 1 aromatic heterocycles. The third-order valence-corrected chi connectivity index (χ3v) is 4.00. The highest BCUT2D eigenvalue weighted by Crippen LogP contribution is 2.19. The molecule has 0 saturated carbocycles. The minimum absolute atomic E-state index is 0.199. The number of carbonyl (C=O) groups is 1. The Balaban J connectivity index is 2.04. The molecule has 2 heterocycles. The van der Waals surface area contributed by atoms with Crippen LogP contribution in [0.15, 0.2) is 23.1 Å². The number of likely N-dealkylation sites (tertiary alicyclic amines) is 1. The number of rotatable bonds is 2. The van der Waals surface area contributed by atoms with Crippen LogP contribution in [-0.4, -0.2) is 23.9 Å². The molecule has 0 aromatic carbocycles. The van der Waals surface area contributed by atoms with Crippen LogP contribution in [0.25, 0.3) is 6.08 Å². The first-order valence-electron chi connectivity index (χ1n) is 6.18. The third-order valence-electron chi connectivity index (χ3n) is 3.18. The van der Waals surface area contributed by atoms with Crippen molar-refractivity contribution in [2.24, 2.45) is 5.92 Å². The lowest BCUT2D eigenvalue weighted by atomic mass is 9.99. The topological polar surface area (TPSA) is 20.3 Å². The summed E-state index contributed by atoms with van der Waals surface area (Å²) in [6.45, 7) is 5.96. The van der Waals surface area contributed by atoms with Crippen LogP contribution in [0.2, 0.25) is 0 Å². The van der Waals surface area contributed by atoms with Crippen LogP contribution in [0.4, 0.5) is 0 Å². The average molecular weight is 249 g/mol. The Hall–Kier alpha value is -1.09. The minimum atomic E-state index is 0.199. The Morgan fingerprint density at radius 3 is 3.06 bits per heavy atom. The zero-order valence-electron chi connectivity index (χ0n) is 10.5. The van der Waals surface area contributed by atoms with Gasteiger partial charge in [0, 0.05) is 23.5 Å². The predicted octanol–water partition coefficient (Wildman–Crippen LogP) is 3.41. The number of thiophene rings is 1. The molecule has 0 spiro atoms. The molecule has 1 unspecified atom stereocenters. The van der Waals surface area contributed by atoms with Crippen LogP contribution >= 0.6 is 11.3 Å². The van der Waals surface area contributed by atoms with Crippen molar-refractivity contribution < 1.29 is 4.79 Å². The van der Waals surface area contributed by atoms with Gasteiger partial charge in [-0.05, 0) is 43.2 Å². The third kappa shape index (κ3) is 3.19. The van der Waals surface area contributed by atoms with Crippen LogP contribution < -0.4 is 0 Å². The molecule has 1 amide bonds. The van der Waals surface area contributed by atoms with E-state index in [-0.39, 0.29) is 5.91 Å². The molecular formula is C14H19NOS. The molecule has 17 heavy (non-hydrogen) atoms. The van der Waals surface area contributed by atoms with Gasteiger partial charge in [-0.1, -0.05) is 13.0 Å². The lowest BCUT2D eigenvalue weighted by molar-refractivity contribution is -0.128. The maximum atomic E-state index is 12.2. The van der Waals surface area contributed by atoms with Crippen molar-refractivity contribution in [3.63, 3.8) is 0 Å². The maximum absolute atomic E-state index is 12.2. The summed E-state index contributed by atoms with van der Waals surface area (Å²) in [6.07, 6.45) is 4.38. The smallest absolute Gasteiger partial charge is 0.249 e. The quantitative estimate of drug-likeness (QED) is 0.736. The van der Waals surface area contributed by atoms with Crippen LogP contribution in [0.3, 0.4) is 0 Å². The fourth-order valence-corrected chi connectivity index (χ4v) is 2.99. The lowest BCUT2D eigenvalue weighted by Gasteiger charge is -2.31. The van der Waals surface area contributed by atoms with E-state index >= 15 is 0 Å². The van der Waals surface area contributed by atoms with Crippen LogP contribution in [0.1, 0.15) is 31.6 Å². The van der Waals surface area contributed by atoms with Crippen molar-refractivity contribution in [1.29, 1.82) is 0 Å². The first-order chi connectivity index (χ1) is 8.16. The summed E-state index contributed by atoms with van der Waals surface area (Å²) in [4.78, 5) is 15.4. The fraction of sp³-hybridized carbons (Fsp3) is 0.500. The number of hydrogen-bond acceptors (Lipinski definition) is 2. The van der Waals surface area contributed by atoms with E-state index in [0.717, 1.165) is 30.0 Å². The van der Waals surface area contributed by atoms with Gasteiger partial charge in [-0.15, -0.1) is 11.3 Å². The first-order valence-corrected chi connectivity index (χ1v) is 7.06. The van der Waals surface area contributed by atoms with Gasteiger partial charge in [0.1, 0.15) is 0 Å². The number of hydrogen-bond donors (Lipinski definition) is 0. The highest BCUT2D eigenvalue weighted by atomic mass is 32.1. The molecule has 92 valence electrons. The second-order valence-electron chi connectivity index (χ2n) is 4.84. The molecule has 1 atom stereocenters. The molecule has 0 radical (unpaired) electrons. The van der Waals surface area contributed by atoms with E-state index in [1.54, 1.807) is 11.3 Å². The molecule has 2 rings (SSSR count). The number of nitrogens with zero attached hydrogens (tertiary/aromatic N) is 1. The molecule has 1 saturated heterocycles. The van der Waals surface area contributed by atoms with E-state index in [9.17, 15) is 4.79 Å². The monoisotopic (exact) mass is 249 g/mol. The van der Waals surface area contributed by atoms with Gasteiger partial charge in [0.25, 0.3) is 0 Å². The molecule has 2 nitrogen and oxygen atoms in total.